The molecule has 90 valence electrons. The minimum absolute atomic E-state index is 0.163. The molecule has 1 fully saturated rings. The van der Waals surface area contributed by atoms with Crippen molar-refractivity contribution in [2.45, 2.75) is 44.8 Å². The van der Waals surface area contributed by atoms with Crippen LogP contribution >= 0.6 is 11.3 Å². The Morgan fingerprint density at radius 3 is 2.88 bits per heavy atom. The van der Waals surface area contributed by atoms with Crippen molar-refractivity contribution in [2.75, 3.05) is 6.54 Å². The highest BCUT2D eigenvalue weighted by molar-refractivity contribution is 7.07. The Hall–Kier alpha value is -0.380. The highest BCUT2D eigenvalue weighted by atomic mass is 32.1. The smallest absolute Gasteiger partial charge is 0.0692 e. The van der Waals surface area contributed by atoms with Gasteiger partial charge in [0, 0.05) is 12.6 Å². The second-order valence-electron chi connectivity index (χ2n) is 4.80. The molecule has 3 heteroatoms. The molecule has 1 aromatic heterocycles. The third kappa shape index (κ3) is 3.06. The summed E-state index contributed by atoms with van der Waals surface area (Å²) in [5.41, 5.74) is 1.32. The summed E-state index contributed by atoms with van der Waals surface area (Å²) in [5, 5.41) is 17.7. The van der Waals surface area contributed by atoms with Crippen molar-refractivity contribution in [1.29, 1.82) is 0 Å². The lowest BCUT2D eigenvalue weighted by atomic mass is 10.0. The molecule has 0 bridgehead atoms. The van der Waals surface area contributed by atoms with E-state index in [2.05, 4.69) is 29.1 Å². The van der Waals surface area contributed by atoms with Gasteiger partial charge in [-0.1, -0.05) is 12.8 Å². The summed E-state index contributed by atoms with van der Waals surface area (Å²) in [4.78, 5) is 0. The van der Waals surface area contributed by atoms with Crippen LogP contribution in [0.3, 0.4) is 0 Å². The zero-order valence-electron chi connectivity index (χ0n) is 9.86. The van der Waals surface area contributed by atoms with Gasteiger partial charge in [-0.3, -0.25) is 0 Å². The van der Waals surface area contributed by atoms with E-state index in [0.717, 1.165) is 6.54 Å². The van der Waals surface area contributed by atoms with E-state index in [1.54, 1.807) is 11.3 Å². The largest absolute Gasteiger partial charge is 0.392 e. The van der Waals surface area contributed by atoms with Crippen molar-refractivity contribution in [3.8, 4) is 0 Å². The summed E-state index contributed by atoms with van der Waals surface area (Å²) in [6, 6.07) is 2.49. The predicted octanol–water partition coefficient (Wildman–Crippen LogP) is 2.95. The lowest BCUT2D eigenvalue weighted by Gasteiger charge is -2.20. The monoisotopic (exact) mass is 239 g/mol. The van der Waals surface area contributed by atoms with Gasteiger partial charge in [-0.05, 0) is 48.1 Å². The highest BCUT2D eigenvalue weighted by Gasteiger charge is 2.23. The molecule has 2 rings (SSSR count). The van der Waals surface area contributed by atoms with Crippen LogP contribution in [0.5, 0.6) is 0 Å². The predicted molar refractivity (Wildman–Crippen MR) is 68.7 cm³/mol. The SMILES string of the molecule is CC(NCC(O)C1CCCC1)c1ccsc1. The maximum absolute atomic E-state index is 10.0. The third-order valence-corrected chi connectivity index (χ3v) is 4.32. The molecule has 0 amide bonds. The standard InChI is InChI=1S/C13H21NOS/c1-10(12-6-7-16-9-12)14-8-13(15)11-4-2-3-5-11/h6-7,9-11,13-15H,2-5,8H2,1H3. The lowest BCUT2D eigenvalue weighted by molar-refractivity contribution is 0.106. The van der Waals surface area contributed by atoms with E-state index in [1.807, 2.05) is 0 Å². The Kier molecular flexibility index (Phi) is 4.38. The van der Waals surface area contributed by atoms with Gasteiger partial charge in [0.25, 0.3) is 0 Å². The van der Waals surface area contributed by atoms with Crippen LogP contribution in [0.25, 0.3) is 0 Å². The first-order chi connectivity index (χ1) is 7.77. The van der Waals surface area contributed by atoms with Gasteiger partial charge in [-0.25, -0.2) is 0 Å². The molecule has 1 aliphatic rings. The minimum atomic E-state index is -0.163. The fraction of sp³-hybridized carbons (Fsp3) is 0.692. The molecule has 0 saturated heterocycles. The summed E-state index contributed by atoms with van der Waals surface area (Å²) in [6.07, 6.45) is 4.83. The average molecular weight is 239 g/mol. The molecule has 0 spiro atoms. The molecule has 2 N–H and O–H groups in total. The van der Waals surface area contributed by atoms with E-state index < -0.39 is 0 Å². The highest BCUT2D eigenvalue weighted by Crippen LogP contribution is 2.27. The van der Waals surface area contributed by atoms with Gasteiger partial charge in [0.1, 0.15) is 0 Å². The van der Waals surface area contributed by atoms with E-state index >= 15 is 0 Å². The Morgan fingerprint density at radius 1 is 1.50 bits per heavy atom. The molecule has 2 nitrogen and oxygen atoms in total. The summed E-state index contributed by atoms with van der Waals surface area (Å²) in [7, 11) is 0. The summed E-state index contributed by atoms with van der Waals surface area (Å²) in [5.74, 6) is 0.530. The molecule has 1 heterocycles. The number of aliphatic hydroxyl groups excluding tert-OH is 1. The lowest BCUT2D eigenvalue weighted by Crippen LogP contribution is -2.33. The molecular formula is C13H21NOS. The molecule has 0 aliphatic heterocycles. The van der Waals surface area contributed by atoms with Gasteiger partial charge in [0.15, 0.2) is 0 Å². The third-order valence-electron chi connectivity index (χ3n) is 3.62. The van der Waals surface area contributed by atoms with E-state index in [0.29, 0.717) is 12.0 Å². The molecule has 2 atom stereocenters. The van der Waals surface area contributed by atoms with Crippen molar-refractivity contribution in [3.63, 3.8) is 0 Å². The molecule has 1 aliphatic carbocycles. The molecule has 0 aromatic carbocycles. The van der Waals surface area contributed by atoms with Crippen molar-refractivity contribution in [3.05, 3.63) is 22.4 Å². The summed E-state index contributed by atoms with van der Waals surface area (Å²) in [6.45, 7) is 2.88. The fourth-order valence-electron chi connectivity index (χ4n) is 2.45. The number of thiophene rings is 1. The van der Waals surface area contributed by atoms with E-state index in [-0.39, 0.29) is 6.10 Å². The van der Waals surface area contributed by atoms with Crippen LogP contribution in [0.2, 0.25) is 0 Å². The Bertz CT molecular complexity index is 293. The molecule has 1 saturated carbocycles. The van der Waals surface area contributed by atoms with Crippen LogP contribution in [0.15, 0.2) is 16.8 Å². The van der Waals surface area contributed by atoms with E-state index in [9.17, 15) is 5.11 Å². The topological polar surface area (TPSA) is 32.3 Å². The first-order valence-corrected chi connectivity index (χ1v) is 7.15. The maximum Gasteiger partial charge on any atom is 0.0692 e. The number of aliphatic hydroxyl groups is 1. The second-order valence-corrected chi connectivity index (χ2v) is 5.58. The Morgan fingerprint density at radius 2 is 2.25 bits per heavy atom. The molecule has 2 unspecified atom stereocenters. The van der Waals surface area contributed by atoms with Crippen molar-refractivity contribution in [2.24, 2.45) is 5.92 Å². The fourth-order valence-corrected chi connectivity index (χ4v) is 3.20. The second kappa shape index (κ2) is 5.80. The van der Waals surface area contributed by atoms with Crippen molar-refractivity contribution >= 4 is 11.3 Å². The molecular weight excluding hydrogens is 218 g/mol. The molecule has 1 aromatic rings. The Balaban J connectivity index is 1.74. The van der Waals surface area contributed by atoms with Crippen LogP contribution in [0.1, 0.15) is 44.2 Å². The Labute approximate surface area is 102 Å². The summed E-state index contributed by atoms with van der Waals surface area (Å²) < 4.78 is 0. The zero-order chi connectivity index (χ0) is 11.4. The van der Waals surface area contributed by atoms with Crippen molar-refractivity contribution < 1.29 is 5.11 Å². The molecule has 16 heavy (non-hydrogen) atoms. The van der Waals surface area contributed by atoms with Gasteiger partial charge in [0.2, 0.25) is 0 Å². The van der Waals surface area contributed by atoms with Crippen molar-refractivity contribution in [1.82, 2.24) is 5.32 Å². The van der Waals surface area contributed by atoms with Crippen LogP contribution < -0.4 is 5.32 Å². The van der Waals surface area contributed by atoms with Gasteiger partial charge < -0.3 is 10.4 Å². The maximum atomic E-state index is 10.0. The number of rotatable bonds is 5. The first kappa shape index (κ1) is 12.1. The van der Waals surface area contributed by atoms with E-state index in [1.165, 1.54) is 31.2 Å². The normalized spacial score (nSPS) is 21.1. The quantitative estimate of drug-likeness (QED) is 0.828. The van der Waals surface area contributed by atoms with Gasteiger partial charge in [-0.15, -0.1) is 0 Å². The van der Waals surface area contributed by atoms with Crippen LogP contribution in [-0.4, -0.2) is 17.8 Å². The van der Waals surface area contributed by atoms with Gasteiger partial charge >= 0.3 is 0 Å². The van der Waals surface area contributed by atoms with Crippen LogP contribution in [0, 0.1) is 5.92 Å². The summed E-state index contributed by atoms with van der Waals surface area (Å²) >= 11 is 1.72. The number of hydrogen-bond donors (Lipinski definition) is 2. The average Bonchev–Trinajstić information content (AvgIpc) is 2.95. The van der Waals surface area contributed by atoms with Gasteiger partial charge in [-0.2, -0.15) is 11.3 Å². The first-order valence-electron chi connectivity index (χ1n) is 6.21. The van der Waals surface area contributed by atoms with Gasteiger partial charge in [0.05, 0.1) is 6.10 Å². The minimum Gasteiger partial charge on any atom is -0.392 e. The zero-order valence-corrected chi connectivity index (χ0v) is 10.7. The number of hydrogen-bond acceptors (Lipinski definition) is 3. The van der Waals surface area contributed by atoms with E-state index in [4.69, 9.17) is 0 Å². The molecule has 0 radical (unpaired) electrons. The van der Waals surface area contributed by atoms with Crippen LogP contribution in [0.4, 0.5) is 0 Å². The van der Waals surface area contributed by atoms with Crippen LogP contribution in [-0.2, 0) is 0 Å². The number of nitrogens with one attached hydrogen (secondary N) is 1.